The number of carbonyl (C=O) groups is 1. The number of amidine groups is 1. The largest absolute Gasteiger partial charge is 0.507 e. The third-order valence-electron chi connectivity index (χ3n) is 4.02. The molecule has 3 aromatic rings. The summed E-state index contributed by atoms with van der Waals surface area (Å²) in [5.74, 6) is -0.291. The van der Waals surface area contributed by atoms with Crippen LogP contribution in [0.4, 0.5) is 16.2 Å². The van der Waals surface area contributed by atoms with Gasteiger partial charge in [0.1, 0.15) is 11.6 Å². The maximum atomic E-state index is 12.1. The van der Waals surface area contributed by atoms with Crippen molar-refractivity contribution < 1.29 is 9.90 Å². The first kappa shape index (κ1) is 18.5. The van der Waals surface area contributed by atoms with Gasteiger partial charge in [0.15, 0.2) is 0 Å². The zero-order chi connectivity index (χ0) is 20.1. The number of phenolic OH excluding ortho intramolecular Hbond substituents is 1. The molecule has 0 saturated heterocycles. The molecule has 6 N–H and O–H groups in total. The molecule has 0 heterocycles. The maximum absolute atomic E-state index is 12.1. The molecule has 0 atom stereocenters. The molecule has 2 amide bonds. The molecule has 0 aliphatic carbocycles. The predicted molar refractivity (Wildman–Crippen MR) is 108 cm³/mol. The van der Waals surface area contributed by atoms with E-state index in [0.29, 0.717) is 22.5 Å². The Morgan fingerprint density at radius 2 is 1.68 bits per heavy atom. The van der Waals surface area contributed by atoms with Crippen molar-refractivity contribution in [3.63, 3.8) is 0 Å². The van der Waals surface area contributed by atoms with Gasteiger partial charge in [0.2, 0.25) is 0 Å². The molecule has 28 heavy (non-hydrogen) atoms. The van der Waals surface area contributed by atoms with Crippen LogP contribution in [0.1, 0.15) is 11.1 Å². The number of carbonyl (C=O) groups excluding carboxylic acids is 1. The molecule has 7 nitrogen and oxygen atoms in total. The lowest BCUT2D eigenvalue weighted by molar-refractivity contribution is 0.262. The molecule has 0 fully saturated rings. The van der Waals surface area contributed by atoms with Gasteiger partial charge < -0.3 is 21.5 Å². The highest BCUT2D eigenvalue weighted by Crippen LogP contribution is 2.30. The van der Waals surface area contributed by atoms with E-state index >= 15 is 0 Å². The maximum Gasteiger partial charge on any atom is 0.323 e. The van der Waals surface area contributed by atoms with E-state index in [1.165, 1.54) is 6.07 Å². The second kappa shape index (κ2) is 7.93. The van der Waals surface area contributed by atoms with Crippen LogP contribution in [0.15, 0.2) is 66.7 Å². The summed E-state index contributed by atoms with van der Waals surface area (Å²) in [6, 6.07) is 20.0. The summed E-state index contributed by atoms with van der Waals surface area (Å²) in [5.41, 5.74) is 8.73. The average Bonchev–Trinajstić information content (AvgIpc) is 2.68. The number of nitrogen functional groups attached to an aromatic ring is 1. The minimum absolute atomic E-state index is 0.0637. The minimum atomic E-state index is -0.440. The lowest BCUT2D eigenvalue weighted by atomic mass is 9.98. The third-order valence-corrected chi connectivity index (χ3v) is 4.02. The Bertz CT molecular complexity index is 1080. The number of nitriles is 1. The SMILES string of the molecule is N#Cc1cccc(NC(=O)Nc2ccc(-c3cccc(O)c3C(=N)N)cc2)c1. The van der Waals surface area contributed by atoms with Crippen molar-refractivity contribution in [2.45, 2.75) is 0 Å². The van der Waals surface area contributed by atoms with Crippen LogP contribution in [0.3, 0.4) is 0 Å². The van der Waals surface area contributed by atoms with Gasteiger partial charge in [-0.3, -0.25) is 5.41 Å². The average molecular weight is 371 g/mol. The summed E-state index contributed by atoms with van der Waals surface area (Å²) in [5, 5.41) is 31.9. The highest BCUT2D eigenvalue weighted by molar-refractivity contribution is 6.04. The van der Waals surface area contributed by atoms with Crippen LogP contribution in [0.25, 0.3) is 11.1 Å². The molecule has 7 heteroatoms. The molecule has 0 saturated carbocycles. The van der Waals surface area contributed by atoms with Gasteiger partial charge in [0.05, 0.1) is 17.2 Å². The van der Waals surface area contributed by atoms with Crippen LogP contribution in [0.2, 0.25) is 0 Å². The molecule has 0 bridgehead atoms. The van der Waals surface area contributed by atoms with Crippen molar-refractivity contribution >= 4 is 23.2 Å². The number of hydrogen-bond acceptors (Lipinski definition) is 4. The Kier molecular flexibility index (Phi) is 5.23. The highest BCUT2D eigenvalue weighted by Gasteiger charge is 2.12. The first-order chi connectivity index (χ1) is 13.5. The van der Waals surface area contributed by atoms with Crippen LogP contribution < -0.4 is 16.4 Å². The lowest BCUT2D eigenvalue weighted by Crippen LogP contribution is -2.19. The topological polar surface area (TPSA) is 135 Å². The molecule has 0 aromatic heterocycles. The van der Waals surface area contributed by atoms with Crippen molar-refractivity contribution in [3.8, 4) is 22.9 Å². The number of amides is 2. The van der Waals surface area contributed by atoms with Crippen molar-refractivity contribution in [3.05, 3.63) is 77.9 Å². The second-order valence-corrected chi connectivity index (χ2v) is 5.96. The number of benzene rings is 3. The summed E-state index contributed by atoms with van der Waals surface area (Å²) in [4.78, 5) is 12.1. The summed E-state index contributed by atoms with van der Waals surface area (Å²) in [6.45, 7) is 0. The number of phenols is 1. The fraction of sp³-hybridized carbons (Fsp3) is 0. The monoisotopic (exact) mass is 371 g/mol. The third kappa shape index (κ3) is 4.08. The van der Waals surface area contributed by atoms with E-state index in [1.54, 1.807) is 60.7 Å². The van der Waals surface area contributed by atoms with Crippen molar-refractivity contribution in [2.24, 2.45) is 5.73 Å². The van der Waals surface area contributed by atoms with Crippen molar-refractivity contribution in [1.29, 1.82) is 10.7 Å². The standard InChI is InChI=1S/C21H17N5O2/c22-12-13-3-1-4-16(11-13)26-21(28)25-15-9-7-14(8-10-15)17-5-2-6-18(27)19(17)20(23)24/h1-11,27H,(H3,23,24)(H2,25,26,28). The lowest BCUT2D eigenvalue weighted by Gasteiger charge is -2.12. The Morgan fingerprint density at radius 3 is 2.36 bits per heavy atom. The molecule has 3 aromatic carbocycles. The van der Waals surface area contributed by atoms with Gasteiger partial charge in [0.25, 0.3) is 0 Å². The van der Waals surface area contributed by atoms with Crippen molar-refractivity contribution in [1.82, 2.24) is 0 Å². The molecule has 3 rings (SSSR count). The number of aromatic hydroxyl groups is 1. The van der Waals surface area contributed by atoms with E-state index in [1.807, 2.05) is 6.07 Å². The zero-order valence-electron chi connectivity index (χ0n) is 14.7. The Labute approximate surface area is 161 Å². The van der Waals surface area contributed by atoms with Crippen LogP contribution in [-0.4, -0.2) is 17.0 Å². The number of nitrogens with one attached hydrogen (secondary N) is 3. The van der Waals surface area contributed by atoms with Gasteiger partial charge in [-0.15, -0.1) is 0 Å². The molecule has 138 valence electrons. The van der Waals surface area contributed by atoms with Gasteiger partial charge in [-0.2, -0.15) is 5.26 Å². The van der Waals surface area contributed by atoms with Gasteiger partial charge in [-0.05, 0) is 47.5 Å². The minimum Gasteiger partial charge on any atom is -0.507 e. The van der Waals surface area contributed by atoms with Gasteiger partial charge in [0, 0.05) is 11.4 Å². The first-order valence-corrected chi connectivity index (χ1v) is 8.33. The van der Waals surface area contributed by atoms with Crippen LogP contribution in [0.5, 0.6) is 5.75 Å². The summed E-state index contributed by atoms with van der Waals surface area (Å²) in [7, 11) is 0. The molecule has 0 spiro atoms. The van der Waals surface area contributed by atoms with Crippen LogP contribution >= 0.6 is 0 Å². The van der Waals surface area contributed by atoms with E-state index in [0.717, 1.165) is 5.56 Å². The Hall–Kier alpha value is -4.31. The summed E-state index contributed by atoms with van der Waals surface area (Å²) < 4.78 is 0. The van der Waals surface area contributed by atoms with E-state index in [2.05, 4.69) is 10.6 Å². The number of hydrogen-bond donors (Lipinski definition) is 5. The normalized spacial score (nSPS) is 9.96. The van der Waals surface area contributed by atoms with Crippen LogP contribution in [0, 0.1) is 16.7 Å². The van der Waals surface area contributed by atoms with Crippen LogP contribution in [-0.2, 0) is 0 Å². The zero-order valence-corrected chi connectivity index (χ0v) is 14.7. The second-order valence-electron chi connectivity index (χ2n) is 5.96. The van der Waals surface area contributed by atoms with E-state index in [9.17, 15) is 9.90 Å². The van der Waals surface area contributed by atoms with E-state index in [-0.39, 0.29) is 17.1 Å². The number of rotatable bonds is 4. The summed E-state index contributed by atoms with van der Waals surface area (Å²) >= 11 is 0. The fourth-order valence-electron chi connectivity index (χ4n) is 2.76. The van der Waals surface area contributed by atoms with Gasteiger partial charge in [-0.25, -0.2) is 4.79 Å². The molecule has 0 radical (unpaired) electrons. The molecular formula is C21H17N5O2. The Balaban J connectivity index is 1.75. The summed E-state index contributed by atoms with van der Waals surface area (Å²) in [6.07, 6.45) is 0. The van der Waals surface area contributed by atoms with E-state index in [4.69, 9.17) is 16.4 Å². The van der Waals surface area contributed by atoms with Gasteiger partial charge >= 0.3 is 6.03 Å². The Morgan fingerprint density at radius 1 is 1.00 bits per heavy atom. The first-order valence-electron chi connectivity index (χ1n) is 8.33. The number of nitrogens with zero attached hydrogens (tertiary/aromatic N) is 1. The van der Waals surface area contributed by atoms with Gasteiger partial charge in [-0.1, -0.05) is 30.3 Å². The number of nitrogens with two attached hydrogens (primary N) is 1. The molecule has 0 aliphatic heterocycles. The quantitative estimate of drug-likeness (QED) is 0.351. The molecule has 0 aliphatic rings. The number of anilines is 2. The number of urea groups is 1. The molecule has 0 unspecified atom stereocenters. The molecular weight excluding hydrogens is 354 g/mol. The van der Waals surface area contributed by atoms with Crippen molar-refractivity contribution in [2.75, 3.05) is 10.6 Å². The van der Waals surface area contributed by atoms with E-state index < -0.39 is 6.03 Å². The highest BCUT2D eigenvalue weighted by atomic mass is 16.3. The fourth-order valence-corrected chi connectivity index (χ4v) is 2.76. The predicted octanol–water partition coefficient (Wildman–Crippen LogP) is 3.86. The smallest absolute Gasteiger partial charge is 0.323 e.